The second kappa shape index (κ2) is 5.76. The summed E-state index contributed by atoms with van der Waals surface area (Å²) < 4.78 is 5.34. The molecule has 0 saturated heterocycles. The Kier molecular flexibility index (Phi) is 4.63. The molecule has 0 aliphatic heterocycles. The molecule has 0 aromatic heterocycles. The lowest BCUT2D eigenvalue weighted by molar-refractivity contribution is 0.406. The highest BCUT2D eigenvalue weighted by molar-refractivity contribution is 5.36. The van der Waals surface area contributed by atoms with Crippen molar-refractivity contribution in [2.24, 2.45) is 5.92 Å². The van der Waals surface area contributed by atoms with Gasteiger partial charge < -0.3 is 10.1 Å². The molecule has 0 atom stereocenters. The molecule has 1 aromatic rings. The molecular weight excluding hydrogens is 186 g/mol. The van der Waals surface area contributed by atoms with Gasteiger partial charge in [-0.25, -0.2) is 0 Å². The second-order valence-corrected chi connectivity index (χ2v) is 4.34. The summed E-state index contributed by atoms with van der Waals surface area (Å²) >= 11 is 0. The normalized spacial score (nSPS) is 10.7. The van der Waals surface area contributed by atoms with E-state index in [0.29, 0.717) is 5.92 Å². The maximum Gasteiger partial charge on any atom is 0.123 e. The average molecular weight is 207 g/mol. The van der Waals surface area contributed by atoms with Gasteiger partial charge in [0.15, 0.2) is 0 Å². The van der Waals surface area contributed by atoms with Crippen molar-refractivity contribution in [2.45, 2.75) is 27.3 Å². The summed E-state index contributed by atoms with van der Waals surface area (Å²) in [4.78, 5) is 0. The Morgan fingerprint density at radius 2 is 2.07 bits per heavy atom. The molecule has 1 N–H and O–H groups in total. The zero-order valence-corrected chi connectivity index (χ0v) is 10.1. The zero-order chi connectivity index (χ0) is 11.3. The Hall–Kier alpha value is -1.02. The van der Waals surface area contributed by atoms with Crippen molar-refractivity contribution >= 4 is 0 Å². The Labute approximate surface area is 92.6 Å². The summed E-state index contributed by atoms with van der Waals surface area (Å²) in [5, 5.41) is 3.42. The second-order valence-electron chi connectivity index (χ2n) is 4.34. The monoisotopic (exact) mass is 207 g/mol. The largest absolute Gasteiger partial charge is 0.496 e. The van der Waals surface area contributed by atoms with Gasteiger partial charge in [-0.2, -0.15) is 0 Å². The molecule has 0 spiro atoms. The molecule has 1 rings (SSSR count). The molecular formula is C13H21NO. The van der Waals surface area contributed by atoms with E-state index >= 15 is 0 Å². The van der Waals surface area contributed by atoms with Crippen LogP contribution in [0.25, 0.3) is 0 Å². The fourth-order valence-corrected chi connectivity index (χ4v) is 1.49. The zero-order valence-electron chi connectivity index (χ0n) is 10.1. The minimum Gasteiger partial charge on any atom is -0.496 e. The highest BCUT2D eigenvalue weighted by atomic mass is 16.5. The van der Waals surface area contributed by atoms with Crippen LogP contribution in [-0.2, 0) is 6.54 Å². The molecule has 84 valence electrons. The molecule has 0 bridgehead atoms. The smallest absolute Gasteiger partial charge is 0.123 e. The number of methoxy groups -OCH3 is 1. The number of aryl methyl sites for hydroxylation is 1. The molecule has 0 saturated carbocycles. The Morgan fingerprint density at radius 1 is 1.33 bits per heavy atom. The van der Waals surface area contributed by atoms with E-state index in [0.717, 1.165) is 18.8 Å². The molecule has 0 aliphatic carbocycles. The van der Waals surface area contributed by atoms with Crippen molar-refractivity contribution in [1.82, 2.24) is 5.32 Å². The first-order chi connectivity index (χ1) is 7.13. The van der Waals surface area contributed by atoms with Gasteiger partial charge in [0.2, 0.25) is 0 Å². The predicted octanol–water partition coefficient (Wildman–Crippen LogP) is 2.75. The van der Waals surface area contributed by atoms with Crippen LogP contribution in [0.5, 0.6) is 5.75 Å². The van der Waals surface area contributed by atoms with Gasteiger partial charge in [0.05, 0.1) is 7.11 Å². The molecule has 0 amide bonds. The van der Waals surface area contributed by atoms with Crippen LogP contribution >= 0.6 is 0 Å². The van der Waals surface area contributed by atoms with Gasteiger partial charge in [-0.15, -0.1) is 0 Å². The first-order valence-corrected chi connectivity index (χ1v) is 5.47. The lowest BCUT2D eigenvalue weighted by Gasteiger charge is -2.11. The van der Waals surface area contributed by atoms with E-state index in [1.165, 1.54) is 11.1 Å². The number of hydrogen-bond donors (Lipinski definition) is 1. The molecule has 15 heavy (non-hydrogen) atoms. The topological polar surface area (TPSA) is 21.3 Å². The number of hydrogen-bond acceptors (Lipinski definition) is 2. The van der Waals surface area contributed by atoms with Gasteiger partial charge in [0.1, 0.15) is 5.75 Å². The summed E-state index contributed by atoms with van der Waals surface area (Å²) in [5.41, 5.74) is 2.46. The molecule has 1 aromatic carbocycles. The van der Waals surface area contributed by atoms with Crippen LogP contribution in [0.1, 0.15) is 25.0 Å². The molecule has 0 unspecified atom stereocenters. The van der Waals surface area contributed by atoms with E-state index in [2.05, 4.69) is 44.3 Å². The number of nitrogens with one attached hydrogen (secondary N) is 1. The van der Waals surface area contributed by atoms with Crippen LogP contribution in [0.2, 0.25) is 0 Å². The van der Waals surface area contributed by atoms with Crippen LogP contribution in [0.4, 0.5) is 0 Å². The summed E-state index contributed by atoms with van der Waals surface area (Å²) in [5.74, 6) is 1.66. The minimum atomic E-state index is 0.682. The first kappa shape index (κ1) is 12.1. The first-order valence-electron chi connectivity index (χ1n) is 5.47. The third-order valence-electron chi connectivity index (χ3n) is 2.31. The van der Waals surface area contributed by atoms with Gasteiger partial charge >= 0.3 is 0 Å². The van der Waals surface area contributed by atoms with Crippen molar-refractivity contribution in [3.8, 4) is 5.75 Å². The fraction of sp³-hybridized carbons (Fsp3) is 0.538. The fourth-order valence-electron chi connectivity index (χ4n) is 1.49. The number of benzene rings is 1. The lowest BCUT2D eigenvalue weighted by Crippen LogP contribution is -2.19. The van der Waals surface area contributed by atoms with Crippen LogP contribution in [0, 0.1) is 12.8 Å². The summed E-state index contributed by atoms with van der Waals surface area (Å²) in [6, 6.07) is 6.32. The van der Waals surface area contributed by atoms with E-state index in [1.54, 1.807) is 7.11 Å². The van der Waals surface area contributed by atoms with Crippen molar-refractivity contribution in [1.29, 1.82) is 0 Å². The third-order valence-corrected chi connectivity index (χ3v) is 2.31. The lowest BCUT2D eigenvalue weighted by atomic mass is 10.1. The van der Waals surface area contributed by atoms with Crippen LogP contribution < -0.4 is 10.1 Å². The van der Waals surface area contributed by atoms with Crippen LogP contribution in [-0.4, -0.2) is 13.7 Å². The molecule has 0 fully saturated rings. The molecule has 2 heteroatoms. The Morgan fingerprint density at radius 3 is 2.67 bits per heavy atom. The number of rotatable bonds is 5. The maximum absolute atomic E-state index is 5.34. The van der Waals surface area contributed by atoms with E-state index < -0.39 is 0 Å². The van der Waals surface area contributed by atoms with E-state index in [-0.39, 0.29) is 0 Å². The van der Waals surface area contributed by atoms with E-state index in [9.17, 15) is 0 Å². The minimum absolute atomic E-state index is 0.682. The van der Waals surface area contributed by atoms with Gasteiger partial charge in [0, 0.05) is 12.1 Å². The average Bonchev–Trinajstić information content (AvgIpc) is 2.19. The molecule has 2 nitrogen and oxygen atoms in total. The predicted molar refractivity (Wildman–Crippen MR) is 64.3 cm³/mol. The summed E-state index contributed by atoms with van der Waals surface area (Å²) in [7, 11) is 1.72. The summed E-state index contributed by atoms with van der Waals surface area (Å²) in [6.45, 7) is 8.41. The quantitative estimate of drug-likeness (QED) is 0.801. The van der Waals surface area contributed by atoms with E-state index in [1.807, 2.05) is 0 Å². The van der Waals surface area contributed by atoms with Gasteiger partial charge in [-0.1, -0.05) is 26.0 Å². The number of ether oxygens (including phenoxy) is 1. The van der Waals surface area contributed by atoms with Crippen molar-refractivity contribution in [2.75, 3.05) is 13.7 Å². The van der Waals surface area contributed by atoms with Crippen molar-refractivity contribution in [3.63, 3.8) is 0 Å². The van der Waals surface area contributed by atoms with Gasteiger partial charge in [-0.05, 0) is 31.0 Å². The van der Waals surface area contributed by atoms with Gasteiger partial charge in [-0.3, -0.25) is 0 Å². The van der Waals surface area contributed by atoms with E-state index in [4.69, 9.17) is 4.74 Å². The maximum atomic E-state index is 5.34. The molecule has 0 aliphatic rings. The Bertz CT molecular complexity index is 307. The van der Waals surface area contributed by atoms with Crippen molar-refractivity contribution < 1.29 is 4.74 Å². The highest BCUT2D eigenvalue weighted by Gasteiger charge is 2.02. The third kappa shape index (κ3) is 3.92. The standard InChI is InChI=1S/C13H21NO/c1-10(2)8-14-9-12-6-5-11(3)7-13(12)15-4/h5-7,10,14H,8-9H2,1-4H3. The van der Waals surface area contributed by atoms with Crippen LogP contribution in [0.15, 0.2) is 18.2 Å². The summed E-state index contributed by atoms with van der Waals surface area (Å²) in [6.07, 6.45) is 0. The molecule has 0 heterocycles. The molecule has 0 radical (unpaired) electrons. The van der Waals surface area contributed by atoms with Crippen LogP contribution in [0.3, 0.4) is 0 Å². The highest BCUT2D eigenvalue weighted by Crippen LogP contribution is 2.19. The van der Waals surface area contributed by atoms with Crippen molar-refractivity contribution in [3.05, 3.63) is 29.3 Å². The van der Waals surface area contributed by atoms with Gasteiger partial charge in [0.25, 0.3) is 0 Å². The SMILES string of the molecule is COc1cc(C)ccc1CNCC(C)C. The Balaban J connectivity index is 2.60.